The maximum Gasteiger partial charge on any atom is 0.0934 e. The van der Waals surface area contributed by atoms with Crippen LogP contribution in [0.4, 0.5) is 5.69 Å². The van der Waals surface area contributed by atoms with Crippen molar-refractivity contribution in [1.29, 1.82) is 0 Å². The van der Waals surface area contributed by atoms with Crippen molar-refractivity contribution in [3.05, 3.63) is 35.5 Å². The van der Waals surface area contributed by atoms with Gasteiger partial charge in [-0.05, 0) is 49.8 Å². The lowest BCUT2D eigenvalue weighted by atomic mass is 9.83. The molecule has 112 valence electrons. The Morgan fingerprint density at radius 2 is 2.05 bits per heavy atom. The summed E-state index contributed by atoms with van der Waals surface area (Å²) in [6.45, 7) is 2.29. The average molecular weight is 303 g/mol. The molecule has 1 aromatic carbocycles. The highest BCUT2D eigenvalue weighted by molar-refractivity contribution is 6.31. The van der Waals surface area contributed by atoms with Gasteiger partial charge in [0.15, 0.2) is 0 Å². The van der Waals surface area contributed by atoms with Crippen LogP contribution in [0.3, 0.4) is 0 Å². The van der Waals surface area contributed by atoms with Crippen LogP contribution in [0.5, 0.6) is 0 Å². The molecule has 1 saturated carbocycles. The number of hydrogen-bond donors (Lipinski definition) is 1. The van der Waals surface area contributed by atoms with Gasteiger partial charge < -0.3 is 5.32 Å². The molecule has 0 spiro atoms. The van der Waals surface area contributed by atoms with Crippen LogP contribution in [0.2, 0.25) is 5.02 Å². The predicted molar refractivity (Wildman–Crippen MR) is 91.0 cm³/mol. The van der Waals surface area contributed by atoms with E-state index < -0.39 is 0 Å². The molecule has 1 aromatic heterocycles. The highest BCUT2D eigenvalue weighted by Crippen LogP contribution is 2.32. The zero-order valence-corrected chi connectivity index (χ0v) is 13.4. The lowest BCUT2D eigenvalue weighted by Crippen LogP contribution is -2.26. The molecule has 21 heavy (non-hydrogen) atoms. The van der Waals surface area contributed by atoms with Gasteiger partial charge in [0, 0.05) is 22.6 Å². The Bertz CT molecular complexity index is 603. The number of halogens is 1. The summed E-state index contributed by atoms with van der Waals surface area (Å²) < 4.78 is 0. The fraction of sp³-hybridized carbons (Fsp3) is 0.500. The fourth-order valence-corrected chi connectivity index (χ4v) is 3.72. The minimum absolute atomic E-state index is 0.557. The summed E-state index contributed by atoms with van der Waals surface area (Å²) in [6.07, 6.45) is 9.74. The van der Waals surface area contributed by atoms with Crippen molar-refractivity contribution in [2.75, 3.05) is 5.32 Å². The van der Waals surface area contributed by atoms with Gasteiger partial charge in [-0.1, -0.05) is 37.4 Å². The molecule has 0 amide bonds. The molecule has 1 N–H and O–H groups in total. The summed E-state index contributed by atoms with van der Waals surface area (Å²) in [4.78, 5) is 4.51. The van der Waals surface area contributed by atoms with Gasteiger partial charge in [-0.15, -0.1) is 0 Å². The zero-order valence-electron chi connectivity index (χ0n) is 12.6. The number of pyridine rings is 1. The second-order valence-electron chi connectivity index (χ2n) is 6.18. The Balaban J connectivity index is 1.74. The largest absolute Gasteiger partial charge is 0.381 e. The molecule has 0 aliphatic heterocycles. The molecule has 2 aromatic rings. The standard InChI is InChI=1S/C18H23ClN2/c1-2-4-13-6-8-16(9-7-13)21-17-12-15(19)11-14-5-3-10-20-18(14)17/h3,5,10-13,16,21H,2,4,6-9H2,1H3. The van der Waals surface area contributed by atoms with Crippen molar-refractivity contribution in [3.63, 3.8) is 0 Å². The number of anilines is 1. The Morgan fingerprint density at radius 1 is 1.24 bits per heavy atom. The van der Waals surface area contributed by atoms with Crippen LogP contribution >= 0.6 is 11.6 Å². The molecule has 0 saturated heterocycles. The topological polar surface area (TPSA) is 24.9 Å². The third-order valence-corrected chi connectivity index (χ3v) is 4.79. The number of nitrogens with one attached hydrogen (secondary N) is 1. The summed E-state index contributed by atoms with van der Waals surface area (Å²) in [5.74, 6) is 0.933. The molecule has 0 unspecified atom stereocenters. The van der Waals surface area contributed by atoms with E-state index in [1.165, 1.54) is 38.5 Å². The van der Waals surface area contributed by atoms with Crippen molar-refractivity contribution >= 4 is 28.2 Å². The quantitative estimate of drug-likeness (QED) is 0.788. The van der Waals surface area contributed by atoms with Crippen molar-refractivity contribution in [1.82, 2.24) is 4.98 Å². The van der Waals surface area contributed by atoms with Crippen LogP contribution in [0.25, 0.3) is 10.9 Å². The monoisotopic (exact) mass is 302 g/mol. The molecule has 1 aliphatic carbocycles. The van der Waals surface area contributed by atoms with Gasteiger partial charge in [-0.3, -0.25) is 4.98 Å². The predicted octanol–water partition coefficient (Wildman–Crippen LogP) is 5.66. The Kier molecular flexibility index (Phi) is 4.64. The van der Waals surface area contributed by atoms with Crippen LogP contribution in [0.1, 0.15) is 45.4 Å². The second-order valence-corrected chi connectivity index (χ2v) is 6.62. The molecule has 0 radical (unpaired) electrons. The fourth-order valence-electron chi connectivity index (χ4n) is 3.49. The molecule has 3 rings (SSSR count). The Morgan fingerprint density at radius 3 is 2.81 bits per heavy atom. The molecule has 1 heterocycles. The lowest BCUT2D eigenvalue weighted by molar-refractivity contribution is 0.319. The van der Waals surface area contributed by atoms with Crippen LogP contribution in [0, 0.1) is 5.92 Å². The summed E-state index contributed by atoms with van der Waals surface area (Å²) in [7, 11) is 0. The maximum atomic E-state index is 6.24. The highest BCUT2D eigenvalue weighted by Gasteiger charge is 2.21. The molecule has 3 heteroatoms. The van der Waals surface area contributed by atoms with Crippen molar-refractivity contribution in [3.8, 4) is 0 Å². The molecule has 2 nitrogen and oxygen atoms in total. The van der Waals surface area contributed by atoms with Crippen LogP contribution in [-0.4, -0.2) is 11.0 Å². The summed E-state index contributed by atoms with van der Waals surface area (Å²) in [5, 5.41) is 5.56. The molecule has 1 aliphatic rings. The molecule has 0 bridgehead atoms. The smallest absolute Gasteiger partial charge is 0.0934 e. The molecular formula is C18H23ClN2. The first kappa shape index (κ1) is 14.6. The number of benzene rings is 1. The van der Waals surface area contributed by atoms with Gasteiger partial charge in [0.1, 0.15) is 0 Å². The maximum absolute atomic E-state index is 6.24. The van der Waals surface area contributed by atoms with Gasteiger partial charge in [0.2, 0.25) is 0 Å². The van der Waals surface area contributed by atoms with Gasteiger partial charge in [-0.2, -0.15) is 0 Å². The molecular weight excluding hydrogens is 280 g/mol. The number of aromatic nitrogens is 1. The van der Waals surface area contributed by atoms with E-state index in [9.17, 15) is 0 Å². The van der Waals surface area contributed by atoms with E-state index in [-0.39, 0.29) is 0 Å². The third kappa shape index (κ3) is 3.49. The van der Waals surface area contributed by atoms with Gasteiger partial charge >= 0.3 is 0 Å². The Labute approximate surface area is 131 Å². The normalized spacial score (nSPS) is 22.4. The van der Waals surface area contributed by atoms with Crippen molar-refractivity contribution in [2.45, 2.75) is 51.5 Å². The minimum Gasteiger partial charge on any atom is -0.381 e. The first-order valence-electron chi connectivity index (χ1n) is 8.07. The van der Waals surface area contributed by atoms with E-state index in [0.29, 0.717) is 6.04 Å². The first-order valence-corrected chi connectivity index (χ1v) is 8.45. The van der Waals surface area contributed by atoms with Gasteiger partial charge in [0.25, 0.3) is 0 Å². The van der Waals surface area contributed by atoms with Crippen LogP contribution in [-0.2, 0) is 0 Å². The SMILES string of the molecule is CCCC1CCC(Nc2cc(Cl)cc3cccnc23)CC1. The minimum atomic E-state index is 0.557. The van der Waals surface area contributed by atoms with Gasteiger partial charge in [0.05, 0.1) is 11.2 Å². The van der Waals surface area contributed by atoms with E-state index >= 15 is 0 Å². The first-order chi connectivity index (χ1) is 10.3. The second kappa shape index (κ2) is 6.65. The zero-order chi connectivity index (χ0) is 14.7. The lowest BCUT2D eigenvalue weighted by Gasteiger charge is -2.30. The number of rotatable bonds is 4. The summed E-state index contributed by atoms with van der Waals surface area (Å²) >= 11 is 6.24. The highest BCUT2D eigenvalue weighted by atomic mass is 35.5. The molecule has 0 atom stereocenters. The molecule has 1 fully saturated rings. The number of fused-ring (bicyclic) bond motifs is 1. The van der Waals surface area contributed by atoms with E-state index in [4.69, 9.17) is 11.6 Å². The van der Waals surface area contributed by atoms with Crippen molar-refractivity contribution in [2.24, 2.45) is 5.92 Å². The van der Waals surface area contributed by atoms with Gasteiger partial charge in [-0.25, -0.2) is 0 Å². The van der Waals surface area contributed by atoms with Crippen molar-refractivity contribution < 1.29 is 0 Å². The average Bonchev–Trinajstić information content (AvgIpc) is 2.49. The van der Waals surface area contributed by atoms with Crippen LogP contribution in [0.15, 0.2) is 30.5 Å². The summed E-state index contributed by atoms with van der Waals surface area (Å²) in [6, 6.07) is 8.57. The van der Waals surface area contributed by atoms with E-state index in [0.717, 1.165) is 27.5 Å². The van der Waals surface area contributed by atoms with E-state index in [1.807, 2.05) is 24.4 Å². The van der Waals surface area contributed by atoms with E-state index in [2.05, 4.69) is 23.3 Å². The number of nitrogens with zero attached hydrogens (tertiary/aromatic N) is 1. The van der Waals surface area contributed by atoms with Crippen LogP contribution < -0.4 is 5.32 Å². The van der Waals surface area contributed by atoms with E-state index in [1.54, 1.807) is 0 Å². The number of hydrogen-bond acceptors (Lipinski definition) is 2. The third-order valence-electron chi connectivity index (χ3n) is 4.57. The summed E-state index contributed by atoms with van der Waals surface area (Å²) in [5.41, 5.74) is 2.11. The Hall–Kier alpha value is -1.28.